The van der Waals surface area contributed by atoms with Gasteiger partial charge >= 0.3 is 0 Å². The van der Waals surface area contributed by atoms with Crippen LogP contribution in [-0.4, -0.2) is 20.3 Å². The number of ether oxygens (including phenoxy) is 1. The van der Waals surface area contributed by atoms with Gasteiger partial charge in [-0.05, 0) is 24.2 Å². The Morgan fingerprint density at radius 2 is 2.27 bits per heavy atom. The van der Waals surface area contributed by atoms with E-state index in [9.17, 15) is 0 Å². The Labute approximate surface area is 104 Å². The summed E-state index contributed by atoms with van der Waals surface area (Å²) in [5.74, 6) is 0. The molecule has 0 fully saturated rings. The van der Waals surface area contributed by atoms with Crippen LogP contribution in [0.1, 0.15) is 18.5 Å². The smallest absolute Gasteiger partial charge is 0.0658 e. The lowest BCUT2D eigenvalue weighted by Gasteiger charge is -2.18. The van der Waals surface area contributed by atoms with E-state index in [0.717, 1.165) is 21.6 Å². The lowest BCUT2D eigenvalue weighted by atomic mass is 10.1. The summed E-state index contributed by atoms with van der Waals surface area (Å²) in [4.78, 5) is 0. The Kier molecular flexibility index (Phi) is 5.61. The van der Waals surface area contributed by atoms with E-state index in [1.165, 1.54) is 0 Å². The third-order valence-corrected chi connectivity index (χ3v) is 2.94. The summed E-state index contributed by atoms with van der Waals surface area (Å²) in [5.41, 5.74) is 1.07. The molecule has 4 heteroatoms. The van der Waals surface area contributed by atoms with Crippen LogP contribution in [0.2, 0.25) is 5.02 Å². The second-order valence-electron chi connectivity index (χ2n) is 3.23. The highest BCUT2D eigenvalue weighted by Gasteiger charge is 2.13. The van der Waals surface area contributed by atoms with E-state index in [1.807, 2.05) is 18.2 Å². The molecule has 0 heterocycles. The molecule has 1 unspecified atom stereocenters. The second kappa shape index (κ2) is 6.48. The normalized spacial score (nSPS) is 12.8. The molecule has 0 aliphatic carbocycles. The highest BCUT2D eigenvalue weighted by atomic mass is 79.9. The van der Waals surface area contributed by atoms with E-state index in [2.05, 4.69) is 28.2 Å². The first-order valence-corrected chi connectivity index (χ1v) is 6.03. The number of hydrogen-bond acceptors (Lipinski definition) is 2. The summed E-state index contributed by atoms with van der Waals surface area (Å²) < 4.78 is 6.15. The van der Waals surface area contributed by atoms with Crippen molar-refractivity contribution in [3.05, 3.63) is 33.3 Å². The van der Waals surface area contributed by atoms with Crippen molar-refractivity contribution in [3.63, 3.8) is 0 Å². The van der Waals surface area contributed by atoms with Crippen LogP contribution >= 0.6 is 27.5 Å². The third kappa shape index (κ3) is 3.76. The molecule has 1 rings (SSSR count). The van der Waals surface area contributed by atoms with Crippen LogP contribution in [0.3, 0.4) is 0 Å². The number of methoxy groups -OCH3 is 1. The van der Waals surface area contributed by atoms with Crippen LogP contribution in [0.15, 0.2) is 22.7 Å². The van der Waals surface area contributed by atoms with Crippen molar-refractivity contribution in [2.75, 3.05) is 20.3 Å². The summed E-state index contributed by atoms with van der Waals surface area (Å²) in [7, 11) is 1.69. The SMILES string of the molecule is CCNC(COC)c1ccc(Br)cc1Cl. The van der Waals surface area contributed by atoms with E-state index >= 15 is 0 Å². The van der Waals surface area contributed by atoms with Gasteiger partial charge in [0.25, 0.3) is 0 Å². The zero-order chi connectivity index (χ0) is 11.3. The van der Waals surface area contributed by atoms with E-state index in [1.54, 1.807) is 7.11 Å². The standard InChI is InChI=1S/C11H15BrClNO/c1-3-14-11(7-15-2)9-5-4-8(12)6-10(9)13/h4-6,11,14H,3,7H2,1-2H3. The largest absolute Gasteiger partial charge is 0.383 e. The molecular formula is C11H15BrClNO. The average molecular weight is 293 g/mol. The minimum atomic E-state index is 0.153. The molecule has 0 amide bonds. The maximum Gasteiger partial charge on any atom is 0.0658 e. The number of rotatable bonds is 5. The van der Waals surface area contributed by atoms with Gasteiger partial charge in [0, 0.05) is 16.6 Å². The van der Waals surface area contributed by atoms with Crippen LogP contribution in [-0.2, 0) is 4.74 Å². The van der Waals surface area contributed by atoms with Crippen molar-refractivity contribution in [1.82, 2.24) is 5.32 Å². The Bertz CT molecular complexity index is 313. The number of likely N-dealkylation sites (N-methyl/N-ethyl adjacent to an activating group) is 1. The molecule has 84 valence electrons. The van der Waals surface area contributed by atoms with Crippen LogP contribution in [0.25, 0.3) is 0 Å². The van der Waals surface area contributed by atoms with Crippen molar-refractivity contribution >= 4 is 27.5 Å². The first-order chi connectivity index (χ1) is 7.19. The minimum absolute atomic E-state index is 0.153. The Morgan fingerprint density at radius 1 is 1.53 bits per heavy atom. The number of hydrogen-bond donors (Lipinski definition) is 1. The molecule has 0 saturated carbocycles. The molecule has 1 aromatic carbocycles. The molecule has 0 saturated heterocycles. The molecule has 2 nitrogen and oxygen atoms in total. The lowest BCUT2D eigenvalue weighted by molar-refractivity contribution is 0.168. The van der Waals surface area contributed by atoms with E-state index < -0.39 is 0 Å². The number of nitrogens with one attached hydrogen (secondary N) is 1. The molecule has 0 aliphatic rings. The number of benzene rings is 1. The first kappa shape index (κ1) is 13.0. The highest BCUT2D eigenvalue weighted by Crippen LogP contribution is 2.26. The van der Waals surface area contributed by atoms with Crippen molar-refractivity contribution < 1.29 is 4.74 Å². The van der Waals surface area contributed by atoms with E-state index in [4.69, 9.17) is 16.3 Å². The minimum Gasteiger partial charge on any atom is -0.383 e. The molecule has 0 spiro atoms. The summed E-state index contributed by atoms with van der Waals surface area (Å²) in [5, 5.41) is 4.09. The Hall–Kier alpha value is -0.0900. The molecule has 1 atom stereocenters. The van der Waals surface area contributed by atoms with Crippen LogP contribution < -0.4 is 5.32 Å². The topological polar surface area (TPSA) is 21.3 Å². The van der Waals surface area contributed by atoms with Crippen LogP contribution in [0.5, 0.6) is 0 Å². The summed E-state index contributed by atoms with van der Waals surface area (Å²) in [6, 6.07) is 6.05. The fourth-order valence-electron chi connectivity index (χ4n) is 1.46. The summed E-state index contributed by atoms with van der Waals surface area (Å²) in [6.07, 6.45) is 0. The van der Waals surface area contributed by atoms with Gasteiger partial charge in [-0.3, -0.25) is 0 Å². The van der Waals surface area contributed by atoms with Crippen molar-refractivity contribution in [1.29, 1.82) is 0 Å². The maximum absolute atomic E-state index is 6.17. The molecule has 0 aromatic heterocycles. The van der Waals surface area contributed by atoms with Crippen molar-refractivity contribution in [3.8, 4) is 0 Å². The van der Waals surface area contributed by atoms with Gasteiger partial charge in [-0.15, -0.1) is 0 Å². The van der Waals surface area contributed by atoms with E-state index in [0.29, 0.717) is 6.61 Å². The fraction of sp³-hybridized carbons (Fsp3) is 0.455. The number of halogens is 2. The van der Waals surface area contributed by atoms with Gasteiger partial charge in [0.05, 0.1) is 12.6 Å². The van der Waals surface area contributed by atoms with Crippen LogP contribution in [0, 0.1) is 0 Å². The predicted molar refractivity (Wildman–Crippen MR) is 67.4 cm³/mol. The summed E-state index contributed by atoms with van der Waals surface area (Å²) >= 11 is 9.56. The van der Waals surface area contributed by atoms with Crippen LogP contribution in [0.4, 0.5) is 0 Å². The highest BCUT2D eigenvalue weighted by molar-refractivity contribution is 9.10. The van der Waals surface area contributed by atoms with Gasteiger partial charge < -0.3 is 10.1 Å². The summed E-state index contributed by atoms with van der Waals surface area (Å²) in [6.45, 7) is 3.57. The third-order valence-electron chi connectivity index (χ3n) is 2.12. The molecule has 0 aliphatic heterocycles. The predicted octanol–water partition coefficient (Wildman–Crippen LogP) is 3.40. The van der Waals surface area contributed by atoms with Gasteiger partial charge in [0.2, 0.25) is 0 Å². The van der Waals surface area contributed by atoms with Gasteiger partial charge in [0.1, 0.15) is 0 Å². The zero-order valence-electron chi connectivity index (χ0n) is 8.89. The molecular weight excluding hydrogens is 277 g/mol. The average Bonchev–Trinajstić information content (AvgIpc) is 2.17. The zero-order valence-corrected chi connectivity index (χ0v) is 11.2. The van der Waals surface area contributed by atoms with E-state index in [-0.39, 0.29) is 6.04 Å². The lowest BCUT2D eigenvalue weighted by Crippen LogP contribution is -2.25. The van der Waals surface area contributed by atoms with Gasteiger partial charge in [-0.2, -0.15) is 0 Å². The molecule has 1 aromatic rings. The fourth-order valence-corrected chi connectivity index (χ4v) is 2.26. The van der Waals surface area contributed by atoms with Gasteiger partial charge in [0.15, 0.2) is 0 Å². The molecule has 15 heavy (non-hydrogen) atoms. The first-order valence-electron chi connectivity index (χ1n) is 4.86. The Morgan fingerprint density at radius 3 is 2.80 bits per heavy atom. The van der Waals surface area contributed by atoms with Gasteiger partial charge in [-0.1, -0.05) is 40.5 Å². The van der Waals surface area contributed by atoms with Crippen molar-refractivity contribution in [2.45, 2.75) is 13.0 Å². The molecule has 0 bridgehead atoms. The molecule has 0 radical (unpaired) electrons. The quantitative estimate of drug-likeness (QED) is 0.898. The molecule has 1 N–H and O–H groups in total. The Balaban J connectivity index is 2.89. The van der Waals surface area contributed by atoms with Crippen molar-refractivity contribution in [2.24, 2.45) is 0 Å². The monoisotopic (exact) mass is 291 g/mol. The van der Waals surface area contributed by atoms with Gasteiger partial charge in [-0.25, -0.2) is 0 Å². The maximum atomic E-state index is 6.17. The second-order valence-corrected chi connectivity index (χ2v) is 4.55.